The van der Waals surface area contributed by atoms with E-state index in [1.165, 1.54) is 24.8 Å². The summed E-state index contributed by atoms with van der Waals surface area (Å²) < 4.78 is 16.6. The van der Waals surface area contributed by atoms with Gasteiger partial charge in [-0.25, -0.2) is 4.79 Å². The van der Waals surface area contributed by atoms with Crippen molar-refractivity contribution in [2.24, 2.45) is 0 Å². The highest BCUT2D eigenvalue weighted by Gasteiger charge is 2.16. The lowest BCUT2D eigenvalue weighted by Gasteiger charge is -2.24. The number of hydrogen-bond donors (Lipinski definition) is 1. The van der Waals surface area contributed by atoms with Gasteiger partial charge in [0.25, 0.3) is 0 Å². The van der Waals surface area contributed by atoms with E-state index in [1.54, 1.807) is 20.3 Å². The van der Waals surface area contributed by atoms with E-state index < -0.39 is 0 Å². The highest BCUT2D eigenvalue weighted by Crippen LogP contribution is 2.29. The first-order chi connectivity index (χ1) is 16.3. The second-order valence-electron chi connectivity index (χ2n) is 9.51. The predicted molar refractivity (Wildman–Crippen MR) is 139 cm³/mol. The van der Waals surface area contributed by atoms with Crippen molar-refractivity contribution in [3.8, 4) is 17.2 Å². The van der Waals surface area contributed by atoms with Crippen molar-refractivity contribution in [2.75, 3.05) is 32.6 Å². The highest BCUT2D eigenvalue weighted by molar-refractivity contribution is 5.91. The lowest BCUT2D eigenvalue weighted by Crippen LogP contribution is -2.37. The van der Waals surface area contributed by atoms with Crippen molar-refractivity contribution in [1.29, 1.82) is 0 Å². The summed E-state index contributed by atoms with van der Waals surface area (Å²) in [6.45, 7) is 9.68. The average Bonchev–Trinajstić information content (AvgIpc) is 2.81. The second kappa shape index (κ2) is 13.7. The first-order valence-electron chi connectivity index (χ1n) is 12.3. The van der Waals surface area contributed by atoms with E-state index in [9.17, 15) is 4.79 Å². The molecule has 2 aromatic rings. The van der Waals surface area contributed by atoms with E-state index in [2.05, 4.69) is 24.4 Å². The van der Waals surface area contributed by atoms with E-state index in [1.807, 2.05) is 49.9 Å². The van der Waals surface area contributed by atoms with Crippen molar-refractivity contribution in [3.05, 3.63) is 48.0 Å². The van der Waals surface area contributed by atoms with Gasteiger partial charge in [-0.2, -0.15) is 0 Å². The van der Waals surface area contributed by atoms with Gasteiger partial charge in [0, 0.05) is 19.2 Å². The summed E-state index contributed by atoms with van der Waals surface area (Å²) in [5.41, 5.74) is 1.58. The molecule has 188 valence electrons. The van der Waals surface area contributed by atoms with Crippen LogP contribution in [0.3, 0.4) is 0 Å². The summed E-state index contributed by atoms with van der Waals surface area (Å²) in [6, 6.07) is 13.4. The van der Waals surface area contributed by atoms with Crippen LogP contribution in [0.5, 0.6) is 17.2 Å². The van der Waals surface area contributed by atoms with Gasteiger partial charge >= 0.3 is 6.03 Å². The molecule has 6 nitrogen and oxygen atoms in total. The smallest absolute Gasteiger partial charge is 0.321 e. The number of amides is 2. The molecule has 0 aromatic heterocycles. The minimum atomic E-state index is -0.226. The molecule has 0 bridgehead atoms. The normalized spacial score (nSPS) is 11.1. The van der Waals surface area contributed by atoms with Crippen molar-refractivity contribution in [3.63, 3.8) is 0 Å². The number of carbonyl (C=O) groups is 1. The Morgan fingerprint density at radius 1 is 0.882 bits per heavy atom. The molecule has 0 aliphatic heterocycles. The SMILES string of the molecule is CCCCCCCN(CCc1ccc(OC(C)(C)C)cc1)C(=O)Nc1ccc(OC)cc1OC. The number of urea groups is 1. The van der Waals surface area contributed by atoms with E-state index in [0.29, 0.717) is 23.7 Å². The molecule has 2 aromatic carbocycles. The second-order valence-corrected chi connectivity index (χ2v) is 9.51. The fraction of sp³-hybridized carbons (Fsp3) is 0.536. The van der Waals surface area contributed by atoms with E-state index in [0.717, 1.165) is 31.6 Å². The first kappa shape index (κ1) is 27.4. The van der Waals surface area contributed by atoms with Gasteiger partial charge in [-0.1, -0.05) is 44.7 Å². The third-order valence-electron chi connectivity index (χ3n) is 5.49. The van der Waals surface area contributed by atoms with Gasteiger partial charge in [-0.15, -0.1) is 0 Å². The molecule has 0 unspecified atom stereocenters. The molecule has 0 heterocycles. The number of rotatable bonds is 13. The number of unbranched alkanes of at least 4 members (excludes halogenated alkanes) is 4. The van der Waals surface area contributed by atoms with Crippen molar-refractivity contribution in [2.45, 2.75) is 71.8 Å². The van der Waals surface area contributed by atoms with Crippen LogP contribution in [0.2, 0.25) is 0 Å². The zero-order valence-electron chi connectivity index (χ0n) is 21.8. The fourth-order valence-electron chi connectivity index (χ4n) is 3.66. The Labute approximate surface area is 205 Å². The monoisotopic (exact) mass is 470 g/mol. The molecular weight excluding hydrogens is 428 g/mol. The van der Waals surface area contributed by atoms with Crippen LogP contribution < -0.4 is 19.5 Å². The molecule has 0 aliphatic carbocycles. The highest BCUT2D eigenvalue weighted by atomic mass is 16.5. The zero-order chi connectivity index (χ0) is 25.0. The minimum absolute atomic E-state index is 0.119. The summed E-state index contributed by atoms with van der Waals surface area (Å²) in [5, 5.41) is 3.02. The maximum atomic E-state index is 13.2. The number of ether oxygens (including phenoxy) is 3. The third-order valence-corrected chi connectivity index (χ3v) is 5.49. The van der Waals surface area contributed by atoms with E-state index in [4.69, 9.17) is 14.2 Å². The Kier molecular flexibility index (Phi) is 11.0. The van der Waals surface area contributed by atoms with Crippen molar-refractivity contribution in [1.82, 2.24) is 4.90 Å². The number of methoxy groups -OCH3 is 2. The predicted octanol–water partition coefficient (Wildman–Crippen LogP) is 6.93. The summed E-state index contributed by atoms with van der Waals surface area (Å²) >= 11 is 0. The molecule has 2 amide bonds. The van der Waals surface area contributed by atoms with Crippen molar-refractivity contribution < 1.29 is 19.0 Å². The lowest BCUT2D eigenvalue weighted by atomic mass is 10.1. The molecule has 2 rings (SSSR count). The summed E-state index contributed by atoms with van der Waals surface area (Å²) in [7, 11) is 3.19. The maximum absolute atomic E-state index is 13.2. The number of nitrogens with one attached hydrogen (secondary N) is 1. The van der Waals surface area contributed by atoms with Gasteiger partial charge in [0.1, 0.15) is 22.8 Å². The van der Waals surface area contributed by atoms with Crippen LogP contribution in [0.25, 0.3) is 0 Å². The largest absolute Gasteiger partial charge is 0.497 e. The Bertz CT molecular complexity index is 875. The van der Waals surface area contributed by atoms with Crippen LogP contribution in [-0.2, 0) is 6.42 Å². The zero-order valence-corrected chi connectivity index (χ0v) is 21.8. The Morgan fingerprint density at radius 3 is 2.18 bits per heavy atom. The van der Waals surface area contributed by atoms with Crippen LogP contribution in [0, 0.1) is 0 Å². The number of hydrogen-bond acceptors (Lipinski definition) is 4. The van der Waals surface area contributed by atoms with Crippen LogP contribution in [0.15, 0.2) is 42.5 Å². The Morgan fingerprint density at radius 2 is 1.56 bits per heavy atom. The van der Waals surface area contributed by atoms with Crippen LogP contribution in [0.1, 0.15) is 65.4 Å². The Hall–Kier alpha value is -2.89. The van der Waals surface area contributed by atoms with E-state index >= 15 is 0 Å². The lowest BCUT2D eigenvalue weighted by molar-refractivity contribution is 0.131. The summed E-state index contributed by atoms with van der Waals surface area (Å²) in [5.74, 6) is 2.11. The standard InChI is InChI=1S/C28H42N2O4/c1-7-8-9-10-11-19-30(20-18-22-12-14-23(15-13-22)34-28(2,3)4)27(31)29-25-17-16-24(32-5)21-26(25)33-6/h12-17,21H,7-11,18-20H2,1-6H3,(H,29,31). The van der Waals surface area contributed by atoms with Gasteiger partial charge in [0.15, 0.2) is 0 Å². The first-order valence-corrected chi connectivity index (χ1v) is 12.3. The molecule has 6 heteroatoms. The molecule has 0 fully saturated rings. The average molecular weight is 471 g/mol. The van der Waals surface area contributed by atoms with Gasteiger partial charge in [-0.3, -0.25) is 0 Å². The number of anilines is 1. The maximum Gasteiger partial charge on any atom is 0.321 e. The van der Waals surface area contributed by atoms with Gasteiger partial charge < -0.3 is 24.4 Å². The minimum Gasteiger partial charge on any atom is -0.497 e. The van der Waals surface area contributed by atoms with Crippen LogP contribution >= 0.6 is 0 Å². The fourth-order valence-corrected chi connectivity index (χ4v) is 3.66. The molecule has 0 saturated heterocycles. The molecule has 34 heavy (non-hydrogen) atoms. The van der Waals surface area contributed by atoms with Crippen LogP contribution in [0.4, 0.5) is 10.5 Å². The Balaban J connectivity index is 2.04. The molecule has 0 radical (unpaired) electrons. The molecule has 1 N–H and O–H groups in total. The molecule has 0 saturated carbocycles. The van der Waals surface area contributed by atoms with Crippen molar-refractivity contribution >= 4 is 11.7 Å². The van der Waals surface area contributed by atoms with E-state index in [-0.39, 0.29) is 11.6 Å². The number of carbonyl (C=O) groups excluding carboxylic acids is 1. The summed E-state index contributed by atoms with van der Waals surface area (Å²) in [6.07, 6.45) is 6.54. The number of nitrogens with zero attached hydrogens (tertiary/aromatic N) is 1. The quantitative estimate of drug-likeness (QED) is 0.323. The third kappa shape index (κ3) is 9.54. The number of benzene rings is 2. The van der Waals surface area contributed by atoms with Crippen LogP contribution in [-0.4, -0.2) is 43.8 Å². The topological polar surface area (TPSA) is 60.0 Å². The van der Waals surface area contributed by atoms with Gasteiger partial charge in [0.05, 0.1) is 19.9 Å². The molecule has 0 atom stereocenters. The molecule has 0 aliphatic rings. The molecule has 0 spiro atoms. The van der Waals surface area contributed by atoms with Gasteiger partial charge in [0.2, 0.25) is 0 Å². The van der Waals surface area contributed by atoms with Gasteiger partial charge in [-0.05, 0) is 63.4 Å². The summed E-state index contributed by atoms with van der Waals surface area (Å²) in [4.78, 5) is 15.1. The molecular formula is C28H42N2O4.